The van der Waals surface area contributed by atoms with Gasteiger partial charge in [0.25, 0.3) is 0 Å². The Labute approximate surface area is 103 Å². The van der Waals surface area contributed by atoms with Crippen molar-refractivity contribution in [1.29, 1.82) is 0 Å². The van der Waals surface area contributed by atoms with Gasteiger partial charge >= 0.3 is 0 Å². The van der Waals surface area contributed by atoms with E-state index in [2.05, 4.69) is 15.9 Å². The van der Waals surface area contributed by atoms with E-state index in [4.69, 9.17) is 16.3 Å². The molecule has 0 unspecified atom stereocenters. The van der Waals surface area contributed by atoms with Gasteiger partial charge in [-0.15, -0.1) is 0 Å². The summed E-state index contributed by atoms with van der Waals surface area (Å²) in [6.07, 6.45) is 3.23. The molecule has 0 spiro atoms. The van der Waals surface area contributed by atoms with Crippen LogP contribution in [0.2, 0.25) is 5.02 Å². The van der Waals surface area contributed by atoms with Crippen LogP contribution in [0.3, 0.4) is 0 Å². The molecule has 0 aliphatic carbocycles. The van der Waals surface area contributed by atoms with E-state index in [0.717, 1.165) is 24.6 Å². The van der Waals surface area contributed by atoms with E-state index in [-0.39, 0.29) is 5.02 Å². The molecule has 1 aromatic carbocycles. The van der Waals surface area contributed by atoms with Gasteiger partial charge in [0, 0.05) is 11.4 Å². The summed E-state index contributed by atoms with van der Waals surface area (Å²) in [4.78, 5) is 0. The molecule has 15 heavy (non-hydrogen) atoms. The highest BCUT2D eigenvalue weighted by Crippen LogP contribution is 2.20. The van der Waals surface area contributed by atoms with Crippen LogP contribution in [0.1, 0.15) is 19.3 Å². The van der Waals surface area contributed by atoms with Crippen molar-refractivity contribution >= 4 is 27.5 Å². The number of hydrogen-bond donors (Lipinski definition) is 0. The highest BCUT2D eigenvalue weighted by molar-refractivity contribution is 9.09. The van der Waals surface area contributed by atoms with Gasteiger partial charge in [0.1, 0.15) is 11.6 Å². The normalized spacial score (nSPS) is 10.3. The first kappa shape index (κ1) is 12.8. The second kappa shape index (κ2) is 7.07. The molecule has 0 saturated carbocycles. The number of benzene rings is 1. The number of alkyl halides is 1. The van der Waals surface area contributed by atoms with Gasteiger partial charge in [0.2, 0.25) is 0 Å². The lowest BCUT2D eigenvalue weighted by atomic mass is 10.3. The van der Waals surface area contributed by atoms with Crippen molar-refractivity contribution in [2.75, 3.05) is 11.9 Å². The maximum Gasteiger partial charge on any atom is 0.145 e. The van der Waals surface area contributed by atoms with E-state index in [1.54, 1.807) is 6.07 Å². The largest absolute Gasteiger partial charge is 0.493 e. The van der Waals surface area contributed by atoms with Gasteiger partial charge in [0.05, 0.1) is 11.6 Å². The van der Waals surface area contributed by atoms with Gasteiger partial charge in [0.15, 0.2) is 0 Å². The zero-order valence-corrected chi connectivity index (χ0v) is 10.7. The molecular weight excluding hydrogens is 282 g/mol. The number of halogens is 3. The summed E-state index contributed by atoms with van der Waals surface area (Å²) in [5.74, 6) is 0.102. The van der Waals surface area contributed by atoms with Crippen molar-refractivity contribution < 1.29 is 9.13 Å². The fraction of sp³-hybridized carbons (Fsp3) is 0.455. The molecular formula is C11H13BrClFO. The first-order valence-corrected chi connectivity index (χ1v) is 6.38. The first-order valence-electron chi connectivity index (χ1n) is 4.88. The molecule has 0 fully saturated rings. The van der Waals surface area contributed by atoms with Crippen molar-refractivity contribution in [3.63, 3.8) is 0 Å². The molecule has 0 amide bonds. The average molecular weight is 296 g/mol. The summed E-state index contributed by atoms with van der Waals surface area (Å²) < 4.78 is 18.4. The Balaban J connectivity index is 2.28. The zero-order valence-electron chi connectivity index (χ0n) is 8.31. The lowest BCUT2D eigenvalue weighted by Crippen LogP contribution is -1.97. The molecule has 0 aliphatic heterocycles. The minimum atomic E-state index is -0.436. The molecule has 0 atom stereocenters. The van der Waals surface area contributed by atoms with E-state index in [1.165, 1.54) is 12.1 Å². The highest BCUT2D eigenvalue weighted by atomic mass is 79.9. The van der Waals surface area contributed by atoms with Crippen molar-refractivity contribution in [1.82, 2.24) is 0 Å². The molecule has 0 aliphatic rings. The summed E-state index contributed by atoms with van der Waals surface area (Å²) >= 11 is 8.91. The molecule has 1 aromatic rings. The van der Waals surface area contributed by atoms with Crippen LogP contribution in [0.25, 0.3) is 0 Å². The maximum atomic E-state index is 13.0. The number of ether oxygens (including phenoxy) is 1. The molecule has 1 rings (SSSR count). The summed E-state index contributed by atoms with van der Waals surface area (Å²) in [5, 5.41) is 1.14. The van der Waals surface area contributed by atoms with Gasteiger partial charge in [-0.05, 0) is 31.4 Å². The van der Waals surface area contributed by atoms with Crippen LogP contribution in [-0.4, -0.2) is 11.9 Å². The van der Waals surface area contributed by atoms with Crippen molar-refractivity contribution in [2.24, 2.45) is 0 Å². The van der Waals surface area contributed by atoms with Gasteiger partial charge < -0.3 is 4.74 Å². The summed E-state index contributed by atoms with van der Waals surface area (Å²) in [6, 6.07) is 4.49. The molecule has 0 aromatic heterocycles. The minimum absolute atomic E-state index is 0.127. The molecule has 0 heterocycles. The Morgan fingerprint density at radius 3 is 2.73 bits per heavy atom. The number of unbranched alkanes of at least 4 members (excludes halogenated alkanes) is 2. The molecule has 1 nitrogen and oxygen atoms in total. The topological polar surface area (TPSA) is 9.23 Å². The predicted molar refractivity (Wildman–Crippen MR) is 64.6 cm³/mol. The molecule has 0 radical (unpaired) electrons. The Hall–Kier alpha value is -0.280. The molecule has 0 saturated heterocycles. The van der Waals surface area contributed by atoms with Gasteiger partial charge in [-0.2, -0.15) is 0 Å². The van der Waals surface area contributed by atoms with Gasteiger partial charge in [-0.25, -0.2) is 4.39 Å². The van der Waals surface area contributed by atoms with Crippen LogP contribution in [0.4, 0.5) is 4.39 Å². The second-order valence-electron chi connectivity index (χ2n) is 3.17. The predicted octanol–water partition coefficient (Wildman–Crippen LogP) is 4.42. The zero-order chi connectivity index (χ0) is 11.1. The van der Waals surface area contributed by atoms with Crippen LogP contribution in [0.15, 0.2) is 18.2 Å². The monoisotopic (exact) mass is 294 g/mol. The van der Waals surface area contributed by atoms with Crippen LogP contribution >= 0.6 is 27.5 Å². The van der Waals surface area contributed by atoms with Crippen molar-refractivity contribution in [3.8, 4) is 5.75 Å². The third-order valence-electron chi connectivity index (χ3n) is 1.94. The lowest BCUT2D eigenvalue weighted by Gasteiger charge is -2.06. The smallest absolute Gasteiger partial charge is 0.145 e. The molecule has 0 N–H and O–H groups in total. The van der Waals surface area contributed by atoms with E-state index < -0.39 is 5.82 Å². The third kappa shape index (κ3) is 4.85. The maximum absolute atomic E-state index is 13.0. The van der Waals surface area contributed by atoms with E-state index in [1.807, 2.05) is 0 Å². The summed E-state index contributed by atoms with van der Waals surface area (Å²) in [6.45, 7) is 0.619. The Morgan fingerprint density at radius 2 is 2.07 bits per heavy atom. The SMILES string of the molecule is Fc1cc(OCCCCCBr)ccc1Cl. The highest BCUT2D eigenvalue weighted by Gasteiger charge is 2.01. The average Bonchev–Trinajstić information content (AvgIpc) is 2.23. The molecule has 84 valence electrons. The lowest BCUT2D eigenvalue weighted by molar-refractivity contribution is 0.305. The van der Waals surface area contributed by atoms with Gasteiger partial charge in [-0.1, -0.05) is 27.5 Å². The van der Waals surface area contributed by atoms with Crippen LogP contribution in [0, 0.1) is 5.82 Å². The summed E-state index contributed by atoms with van der Waals surface area (Å²) in [7, 11) is 0. The molecule has 4 heteroatoms. The fourth-order valence-corrected chi connectivity index (χ4v) is 1.64. The van der Waals surface area contributed by atoms with E-state index in [9.17, 15) is 4.39 Å². The third-order valence-corrected chi connectivity index (χ3v) is 2.81. The van der Waals surface area contributed by atoms with Crippen LogP contribution in [0.5, 0.6) is 5.75 Å². The van der Waals surface area contributed by atoms with Crippen molar-refractivity contribution in [3.05, 3.63) is 29.0 Å². The number of rotatable bonds is 6. The second-order valence-corrected chi connectivity index (χ2v) is 4.37. The van der Waals surface area contributed by atoms with Gasteiger partial charge in [-0.3, -0.25) is 0 Å². The van der Waals surface area contributed by atoms with Crippen LogP contribution < -0.4 is 4.74 Å². The fourth-order valence-electron chi connectivity index (χ4n) is 1.13. The summed E-state index contributed by atoms with van der Waals surface area (Å²) in [5.41, 5.74) is 0. The van der Waals surface area contributed by atoms with Crippen LogP contribution in [-0.2, 0) is 0 Å². The van der Waals surface area contributed by atoms with E-state index in [0.29, 0.717) is 12.4 Å². The van der Waals surface area contributed by atoms with E-state index >= 15 is 0 Å². The molecule has 0 bridgehead atoms. The Bertz CT molecular complexity index is 307. The Kier molecular flexibility index (Phi) is 6.03. The number of hydrogen-bond acceptors (Lipinski definition) is 1. The quantitative estimate of drug-likeness (QED) is 0.557. The standard InChI is InChI=1S/C11H13BrClFO/c12-6-2-1-3-7-15-9-4-5-10(13)11(14)8-9/h4-5,8H,1-3,6-7H2. The Morgan fingerprint density at radius 1 is 1.27 bits per heavy atom. The van der Waals surface area contributed by atoms with Crippen molar-refractivity contribution in [2.45, 2.75) is 19.3 Å². The first-order chi connectivity index (χ1) is 7.24. The minimum Gasteiger partial charge on any atom is -0.493 e.